The van der Waals surface area contributed by atoms with Gasteiger partial charge in [-0.15, -0.1) is 0 Å². The second-order valence-corrected chi connectivity index (χ2v) is 4.88. The fraction of sp³-hybridized carbons (Fsp3) is 0.353. The van der Waals surface area contributed by atoms with Gasteiger partial charge in [-0.2, -0.15) is 10.2 Å². The number of ketones is 1. The van der Waals surface area contributed by atoms with Gasteiger partial charge in [0.2, 0.25) is 5.78 Å². The molecule has 0 radical (unpaired) electrons. The smallest absolute Gasteiger partial charge is 0.227 e. The van der Waals surface area contributed by atoms with E-state index in [2.05, 4.69) is 17.2 Å². The van der Waals surface area contributed by atoms with Gasteiger partial charge in [0, 0.05) is 0 Å². The van der Waals surface area contributed by atoms with Crippen molar-refractivity contribution in [1.82, 2.24) is 0 Å². The van der Waals surface area contributed by atoms with Crippen molar-refractivity contribution in [2.45, 2.75) is 32.2 Å². The quantitative estimate of drug-likeness (QED) is 0.728. The van der Waals surface area contributed by atoms with Crippen molar-refractivity contribution in [3.63, 3.8) is 0 Å². The van der Waals surface area contributed by atoms with E-state index in [0.29, 0.717) is 5.76 Å². The molecule has 1 aromatic carbocycles. The summed E-state index contributed by atoms with van der Waals surface area (Å²) in [4.78, 5) is 12.4. The summed E-state index contributed by atoms with van der Waals surface area (Å²) in [7, 11) is 1.53. The topological polar surface area (TPSA) is 51.0 Å². The summed E-state index contributed by atoms with van der Waals surface area (Å²) in [5.41, 5.74) is 1.69. The number of carbonyl (C=O) groups is 1. The van der Waals surface area contributed by atoms with Crippen molar-refractivity contribution in [2.75, 3.05) is 7.11 Å². The molecule has 1 aliphatic carbocycles. The van der Waals surface area contributed by atoms with Gasteiger partial charge in [0.1, 0.15) is 0 Å². The molecule has 0 saturated carbocycles. The van der Waals surface area contributed by atoms with Gasteiger partial charge in [0.25, 0.3) is 0 Å². The van der Waals surface area contributed by atoms with Crippen molar-refractivity contribution in [1.29, 1.82) is 0 Å². The number of hydrogen-bond donors (Lipinski definition) is 0. The number of Topliss-reactive ketones (excluding diaryl/α,β-unsaturated/α-hetero) is 1. The molecule has 0 aliphatic heterocycles. The molecule has 0 N–H and O–H groups in total. The lowest BCUT2D eigenvalue weighted by atomic mass is 9.96. The van der Waals surface area contributed by atoms with E-state index in [-0.39, 0.29) is 5.78 Å². The average Bonchev–Trinajstić information content (AvgIpc) is 2.53. The number of nitrogens with zero attached hydrogens (tertiary/aromatic N) is 2. The van der Waals surface area contributed by atoms with E-state index < -0.39 is 6.04 Å². The summed E-state index contributed by atoms with van der Waals surface area (Å²) in [6.45, 7) is 2.12. The van der Waals surface area contributed by atoms with Crippen molar-refractivity contribution in [3.8, 4) is 0 Å². The van der Waals surface area contributed by atoms with Crippen LogP contribution in [-0.2, 0) is 9.53 Å². The van der Waals surface area contributed by atoms with E-state index in [0.717, 1.165) is 30.5 Å². The largest absolute Gasteiger partial charge is 0.493 e. The molecule has 2 rings (SSSR count). The summed E-state index contributed by atoms with van der Waals surface area (Å²) in [6.07, 6.45) is 6.70. The maximum absolute atomic E-state index is 12.4. The minimum Gasteiger partial charge on any atom is -0.493 e. The molecule has 110 valence electrons. The Morgan fingerprint density at radius 1 is 1.24 bits per heavy atom. The molecule has 1 aromatic rings. The normalized spacial score (nSPS) is 18.6. The zero-order valence-corrected chi connectivity index (χ0v) is 12.5. The average molecular weight is 284 g/mol. The van der Waals surface area contributed by atoms with Gasteiger partial charge in [0.05, 0.1) is 12.8 Å². The maximum atomic E-state index is 12.4. The molecule has 0 heterocycles. The van der Waals surface area contributed by atoms with Crippen molar-refractivity contribution in [3.05, 3.63) is 53.8 Å². The summed E-state index contributed by atoms with van der Waals surface area (Å²) < 4.78 is 5.27. The molecule has 0 bridgehead atoms. The zero-order chi connectivity index (χ0) is 15.1. The first-order valence-electron chi connectivity index (χ1n) is 7.21. The molecule has 1 atom stereocenters. The number of allylic oxidation sites excluding steroid dienone is 2. The first kappa shape index (κ1) is 15.2. The van der Waals surface area contributed by atoms with Crippen LogP contribution in [0, 0.1) is 0 Å². The Hall–Kier alpha value is -2.23. The third-order valence-electron chi connectivity index (χ3n) is 3.32. The number of rotatable bonds is 6. The van der Waals surface area contributed by atoms with Gasteiger partial charge in [0.15, 0.2) is 11.8 Å². The maximum Gasteiger partial charge on any atom is 0.227 e. The van der Waals surface area contributed by atoms with E-state index in [1.807, 2.05) is 36.4 Å². The second-order valence-electron chi connectivity index (χ2n) is 4.88. The Bertz CT molecular complexity index is 574. The molecular weight excluding hydrogens is 264 g/mol. The van der Waals surface area contributed by atoms with Crippen molar-refractivity contribution in [2.24, 2.45) is 10.2 Å². The highest BCUT2D eigenvalue weighted by molar-refractivity contribution is 6.01. The van der Waals surface area contributed by atoms with Crippen LogP contribution in [-0.4, -0.2) is 18.9 Å². The Morgan fingerprint density at radius 3 is 2.67 bits per heavy atom. The van der Waals surface area contributed by atoms with Crippen molar-refractivity contribution >= 4 is 11.5 Å². The number of ether oxygens (including phenoxy) is 1. The van der Waals surface area contributed by atoms with Crippen LogP contribution < -0.4 is 0 Å². The van der Waals surface area contributed by atoms with E-state index >= 15 is 0 Å². The lowest BCUT2D eigenvalue weighted by molar-refractivity contribution is -0.119. The monoisotopic (exact) mass is 284 g/mol. The van der Waals surface area contributed by atoms with Crippen LogP contribution in [0.2, 0.25) is 0 Å². The van der Waals surface area contributed by atoms with Gasteiger partial charge < -0.3 is 4.74 Å². The van der Waals surface area contributed by atoms with Gasteiger partial charge in [-0.05, 0) is 36.6 Å². The number of azo groups is 1. The minimum absolute atomic E-state index is 0.120. The number of hydrogen-bond acceptors (Lipinski definition) is 4. The Kier molecular flexibility index (Phi) is 5.43. The summed E-state index contributed by atoms with van der Waals surface area (Å²) in [6, 6.07) is 8.79. The third kappa shape index (κ3) is 3.88. The van der Waals surface area contributed by atoms with E-state index in [1.165, 1.54) is 7.11 Å². The SMILES string of the molecule is CCCCC1=C(OC)C(=O)C(N=Nc2ccccc2)C=C1. The standard InChI is InChI=1S/C17H20N2O2/c1-3-4-8-13-11-12-15(16(20)17(13)21-2)19-18-14-9-6-5-7-10-14/h5-7,9-12,15H,3-4,8H2,1-2H3. The molecular formula is C17H20N2O2. The summed E-state index contributed by atoms with van der Waals surface area (Å²) in [5.74, 6) is 0.300. The highest BCUT2D eigenvalue weighted by Crippen LogP contribution is 2.24. The molecule has 4 nitrogen and oxygen atoms in total. The molecule has 21 heavy (non-hydrogen) atoms. The second kappa shape index (κ2) is 7.53. The predicted octanol–water partition coefficient (Wildman–Crippen LogP) is 4.37. The van der Waals surface area contributed by atoms with Crippen LogP contribution in [0.1, 0.15) is 26.2 Å². The van der Waals surface area contributed by atoms with Gasteiger partial charge in [-0.25, -0.2) is 0 Å². The molecule has 0 spiro atoms. The molecule has 1 unspecified atom stereocenters. The highest BCUT2D eigenvalue weighted by Gasteiger charge is 2.26. The van der Waals surface area contributed by atoms with Crippen LogP contribution in [0.25, 0.3) is 0 Å². The fourth-order valence-corrected chi connectivity index (χ4v) is 2.17. The molecule has 4 heteroatoms. The first-order chi connectivity index (χ1) is 10.3. The Morgan fingerprint density at radius 2 is 2.00 bits per heavy atom. The fourth-order valence-electron chi connectivity index (χ4n) is 2.17. The van der Waals surface area contributed by atoms with Crippen LogP contribution in [0.4, 0.5) is 5.69 Å². The summed E-state index contributed by atoms with van der Waals surface area (Å²) in [5, 5.41) is 8.23. The third-order valence-corrected chi connectivity index (χ3v) is 3.32. The van der Waals surface area contributed by atoms with Crippen LogP contribution in [0.3, 0.4) is 0 Å². The van der Waals surface area contributed by atoms with Gasteiger partial charge in [-0.3, -0.25) is 4.79 Å². The molecule has 0 aromatic heterocycles. The van der Waals surface area contributed by atoms with Gasteiger partial charge in [-0.1, -0.05) is 37.6 Å². The Balaban J connectivity index is 2.12. The highest BCUT2D eigenvalue weighted by atomic mass is 16.5. The first-order valence-corrected chi connectivity index (χ1v) is 7.21. The van der Waals surface area contributed by atoms with Crippen molar-refractivity contribution < 1.29 is 9.53 Å². The number of methoxy groups -OCH3 is 1. The van der Waals surface area contributed by atoms with Crippen LogP contribution in [0.5, 0.6) is 0 Å². The van der Waals surface area contributed by atoms with E-state index in [9.17, 15) is 4.79 Å². The predicted molar refractivity (Wildman–Crippen MR) is 82.5 cm³/mol. The lowest BCUT2D eigenvalue weighted by Crippen LogP contribution is -2.23. The van der Waals surface area contributed by atoms with E-state index in [4.69, 9.17) is 4.74 Å². The molecule has 0 amide bonds. The Labute approximate surface area is 125 Å². The van der Waals surface area contributed by atoms with Crippen LogP contribution in [0.15, 0.2) is 64.0 Å². The molecule has 0 fully saturated rings. The number of benzene rings is 1. The van der Waals surface area contributed by atoms with E-state index in [1.54, 1.807) is 6.08 Å². The molecule has 1 aliphatic rings. The van der Waals surface area contributed by atoms with Gasteiger partial charge >= 0.3 is 0 Å². The molecule has 0 saturated heterocycles. The number of unbranched alkanes of at least 4 members (excludes halogenated alkanes) is 1. The summed E-state index contributed by atoms with van der Waals surface area (Å²) >= 11 is 0. The lowest BCUT2D eigenvalue weighted by Gasteiger charge is -2.17. The zero-order valence-electron chi connectivity index (χ0n) is 12.5. The number of carbonyl (C=O) groups excluding carboxylic acids is 1. The van der Waals surface area contributed by atoms with Crippen LogP contribution >= 0.6 is 0 Å². The minimum atomic E-state index is -0.592.